The molecule has 1 aliphatic carbocycles. The smallest absolute Gasteiger partial charge is 0.240 e. The molecule has 0 bridgehead atoms. The molecular weight excluding hydrogens is 296 g/mol. The van der Waals surface area contributed by atoms with Gasteiger partial charge >= 0.3 is 0 Å². The van der Waals surface area contributed by atoms with Gasteiger partial charge in [0.2, 0.25) is 5.91 Å². The van der Waals surface area contributed by atoms with Crippen LogP contribution in [-0.2, 0) is 11.2 Å². The second-order valence-corrected chi connectivity index (χ2v) is 6.83. The molecule has 1 N–H and O–H groups in total. The van der Waals surface area contributed by atoms with Gasteiger partial charge in [-0.1, -0.05) is 76.1 Å². The van der Waals surface area contributed by atoms with Crippen molar-refractivity contribution >= 4 is 11.6 Å². The zero-order valence-electron chi connectivity index (χ0n) is 15.2. The minimum atomic E-state index is 0.0523. The van der Waals surface area contributed by atoms with E-state index in [1.54, 1.807) is 0 Å². The van der Waals surface area contributed by atoms with Gasteiger partial charge in [-0.05, 0) is 31.2 Å². The molecule has 0 unspecified atom stereocenters. The highest BCUT2D eigenvalue weighted by Gasteiger charge is 2.14. The van der Waals surface area contributed by atoms with E-state index in [0.717, 1.165) is 37.8 Å². The normalized spacial score (nSPS) is 15.3. The lowest BCUT2D eigenvalue weighted by molar-refractivity contribution is -0.121. The summed E-state index contributed by atoms with van der Waals surface area (Å²) in [7, 11) is 0. The fourth-order valence-corrected chi connectivity index (χ4v) is 3.32. The summed E-state index contributed by atoms with van der Waals surface area (Å²) >= 11 is 0. The van der Waals surface area contributed by atoms with E-state index in [9.17, 15) is 4.79 Å². The number of carbonyl (C=O) groups excluding carboxylic acids is 1. The van der Waals surface area contributed by atoms with Crippen LogP contribution >= 0.6 is 0 Å². The Labute approximate surface area is 146 Å². The zero-order chi connectivity index (χ0) is 17.0. The van der Waals surface area contributed by atoms with Crippen molar-refractivity contribution in [2.75, 3.05) is 0 Å². The number of nitrogens with one attached hydrogen (secondary N) is 1. The van der Waals surface area contributed by atoms with Crippen LogP contribution < -0.4 is 5.43 Å². The van der Waals surface area contributed by atoms with Crippen LogP contribution in [0.2, 0.25) is 0 Å². The second kappa shape index (κ2) is 11.0. The van der Waals surface area contributed by atoms with Gasteiger partial charge in [-0.3, -0.25) is 4.79 Å². The number of nitrogens with zero attached hydrogens (tertiary/aromatic N) is 1. The summed E-state index contributed by atoms with van der Waals surface area (Å²) < 4.78 is 0. The number of unbranched alkanes of at least 4 members (excludes halogenated alkanes) is 7. The summed E-state index contributed by atoms with van der Waals surface area (Å²) in [5.41, 5.74) is 6.34. The highest BCUT2D eigenvalue weighted by Crippen LogP contribution is 2.21. The average Bonchev–Trinajstić information content (AvgIpc) is 2.62. The maximum absolute atomic E-state index is 12.0. The molecular formula is C21H32N2O. The van der Waals surface area contributed by atoms with Crippen molar-refractivity contribution in [3.63, 3.8) is 0 Å². The number of hydrogen-bond donors (Lipinski definition) is 1. The highest BCUT2D eigenvalue weighted by molar-refractivity contribution is 6.03. The van der Waals surface area contributed by atoms with Crippen LogP contribution in [0.5, 0.6) is 0 Å². The number of carbonyl (C=O) groups is 1. The maximum Gasteiger partial charge on any atom is 0.240 e. The third-order valence-corrected chi connectivity index (χ3v) is 4.76. The number of fused-ring (bicyclic) bond motifs is 1. The van der Waals surface area contributed by atoms with Crippen molar-refractivity contribution in [3.05, 3.63) is 35.4 Å². The molecule has 0 radical (unpaired) electrons. The first-order valence-corrected chi connectivity index (χ1v) is 9.75. The molecule has 24 heavy (non-hydrogen) atoms. The average molecular weight is 328 g/mol. The summed E-state index contributed by atoms with van der Waals surface area (Å²) in [5, 5.41) is 4.39. The van der Waals surface area contributed by atoms with Gasteiger partial charge in [-0.2, -0.15) is 5.10 Å². The molecule has 1 aromatic carbocycles. The molecule has 2 rings (SSSR count). The van der Waals surface area contributed by atoms with E-state index >= 15 is 0 Å². The third-order valence-electron chi connectivity index (χ3n) is 4.76. The lowest BCUT2D eigenvalue weighted by atomic mass is 9.90. The molecule has 132 valence electrons. The van der Waals surface area contributed by atoms with E-state index in [2.05, 4.69) is 35.7 Å². The predicted molar refractivity (Wildman–Crippen MR) is 101 cm³/mol. The van der Waals surface area contributed by atoms with Gasteiger partial charge in [0.1, 0.15) is 0 Å². The Bertz CT molecular complexity index is 536. The van der Waals surface area contributed by atoms with Crippen LogP contribution in [0.15, 0.2) is 29.4 Å². The Morgan fingerprint density at radius 2 is 1.71 bits per heavy atom. The van der Waals surface area contributed by atoms with E-state index in [0.29, 0.717) is 6.42 Å². The van der Waals surface area contributed by atoms with Crippen LogP contribution in [0.1, 0.15) is 88.7 Å². The predicted octanol–water partition coefficient (Wildman–Crippen LogP) is 5.37. The topological polar surface area (TPSA) is 41.5 Å². The number of hydrazone groups is 1. The van der Waals surface area contributed by atoms with Crippen molar-refractivity contribution in [3.8, 4) is 0 Å². The van der Waals surface area contributed by atoms with Gasteiger partial charge in [-0.25, -0.2) is 5.43 Å². The van der Waals surface area contributed by atoms with Gasteiger partial charge in [0.25, 0.3) is 0 Å². The Morgan fingerprint density at radius 1 is 1.00 bits per heavy atom. The molecule has 0 atom stereocenters. The molecule has 0 fully saturated rings. The Morgan fingerprint density at radius 3 is 2.50 bits per heavy atom. The van der Waals surface area contributed by atoms with Gasteiger partial charge < -0.3 is 0 Å². The number of rotatable bonds is 10. The number of benzene rings is 1. The summed E-state index contributed by atoms with van der Waals surface area (Å²) in [6.07, 6.45) is 13.8. The molecule has 1 aromatic rings. The van der Waals surface area contributed by atoms with E-state index in [1.807, 2.05) is 6.07 Å². The Hall–Kier alpha value is -1.64. The number of amides is 1. The highest BCUT2D eigenvalue weighted by atomic mass is 16.2. The quantitative estimate of drug-likeness (QED) is 0.455. The van der Waals surface area contributed by atoms with Crippen LogP contribution in [0.3, 0.4) is 0 Å². The summed E-state index contributed by atoms with van der Waals surface area (Å²) in [4.78, 5) is 12.0. The molecule has 1 amide bonds. The molecule has 3 heteroatoms. The second-order valence-electron chi connectivity index (χ2n) is 6.83. The Kier molecular flexibility index (Phi) is 8.58. The van der Waals surface area contributed by atoms with Gasteiger partial charge in [0.05, 0.1) is 5.71 Å². The molecule has 0 aliphatic heterocycles. The molecule has 0 heterocycles. The number of hydrogen-bond acceptors (Lipinski definition) is 2. The van der Waals surface area contributed by atoms with Crippen LogP contribution in [0, 0.1) is 0 Å². The first-order valence-electron chi connectivity index (χ1n) is 9.75. The fourth-order valence-electron chi connectivity index (χ4n) is 3.32. The fraction of sp³-hybridized carbons (Fsp3) is 0.619. The molecule has 0 spiro atoms. The molecule has 3 nitrogen and oxygen atoms in total. The Balaban J connectivity index is 1.63. The van der Waals surface area contributed by atoms with E-state index in [1.165, 1.54) is 49.7 Å². The van der Waals surface area contributed by atoms with Crippen molar-refractivity contribution < 1.29 is 4.79 Å². The minimum Gasteiger partial charge on any atom is -0.273 e. The first-order chi connectivity index (χ1) is 11.8. The SMILES string of the molecule is CCCCCCCCCCC(=O)NN=C1CCCc2ccccc21. The lowest BCUT2D eigenvalue weighted by Crippen LogP contribution is -2.21. The number of aryl methyl sites for hydroxylation is 1. The van der Waals surface area contributed by atoms with Gasteiger partial charge in [0.15, 0.2) is 0 Å². The van der Waals surface area contributed by atoms with Crippen molar-refractivity contribution in [2.24, 2.45) is 5.10 Å². The van der Waals surface area contributed by atoms with Crippen molar-refractivity contribution in [1.29, 1.82) is 0 Å². The van der Waals surface area contributed by atoms with Crippen LogP contribution in [0.25, 0.3) is 0 Å². The van der Waals surface area contributed by atoms with Crippen molar-refractivity contribution in [2.45, 2.75) is 84.0 Å². The maximum atomic E-state index is 12.0. The largest absolute Gasteiger partial charge is 0.273 e. The van der Waals surface area contributed by atoms with E-state index < -0.39 is 0 Å². The summed E-state index contributed by atoms with van der Waals surface area (Å²) in [5.74, 6) is 0.0523. The molecule has 0 aromatic heterocycles. The van der Waals surface area contributed by atoms with Gasteiger partial charge in [-0.15, -0.1) is 0 Å². The monoisotopic (exact) mass is 328 g/mol. The van der Waals surface area contributed by atoms with Crippen LogP contribution in [-0.4, -0.2) is 11.6 Å². The summed E-state index contributed by atoms with van der Waals surface area (Å²) in [6, 6.07) is 8.38. The standard InChI is InChI=1S/C21H32N2O/c1-2-3-4-5-6-7-8-9-17-21(24)23-22-20-16-12-14-18-13-10-11-15-19(18)20/h10-11,13,15H,2-9,12,14,16-17H2,1H3,(H,23,24). The zero-order valence-corrected chi connectivity index (χ0v) is 15.2. The van der Waals surface area contributed by atoms with Crippen LogP contribution in [0.4, 0.5) is 0 Å². The third kappa shape index (κ3) is 6.46. The molecule has 0 saturated carbocycles. The van der Waals surface area contributed by atoms with E-state index in [-0.39, 0.29) is 5.91 Å². The lowest BCUT2D eigenvalue weighted by Gasteiger charge is -2.17. The van der Waals surface area contributed by atoms with Crippen molar-refractivity contribution in [1.82, 2.24) is 5.43 Å². The molecule has 1 aliphatic rings. The summed E-state index contributed by atoms with van der Waals surface area (Å²) in [6.45, 7) is 2.24. The first kappa shape index (κ1) is 18.7. The van der Waals surface area contributed by atoms with E-state index in [4.69, 9.17) is 0 Å². The molecule has 0 saturated heterocycles. The minimum absolute atomic E-state index is 0.0523. The van der Waals surface area contributed by atoms with Gasteiger partial charge in [0, 0.05) is 12.0 Å².